The molecule has 1 amide bonds. The summed E-state index contributed by atoms with van der Waals surface area (Å²) in [7, 11) is 0. The number of hydrogen-bond acceptors (Lipinski definition) is 8. The Morgan fingerprint density at radius 3 is 2.40 bits per heavy atom. The van der Waals surface area contributed by atoms with Crippen LogP contribution in [0.4, 0.5) is 0 Å². The third kappa shape index (κ3) is 7.29. The van der Waals surface area contributed by atoms with Crippen molar-refractivity contribution < 1.29 is 38.2 Å². The Bertz CT molecular complexity index is 1260. The zero-order chi connectivity index (χ0) is 25.5. The third-order valence-electron chi connectivity index (χ3n) is 5.08. The van der Waals surface area contributed by atoms with Gasteiger partial charge >= 0.3 is 23.7 Å². The Hall–Kier alpha value is -3.89. The van der Waals surface area contributed by atoms with Crippen LogP contribution in [0.5, 0.6) is 0 Å². The average molecular weight is 504 g/mol. The topological polar surface area (TPSA) is 156 Å². The van der Waals surface area contributed by atoms with Crippen LogP contribution in [0.2, 0.25) is 5.02 Å². The standard InChI is InChI=1S/C24H22ClNO9/c1-13-20(35-24(32)34-13)12-33-23(31)21(28)26-18(11-19(27)22(29)30)9-14-5-7-15(8-6-14)16-3-2-4-17(25)10-16/h2-8,10,18-19,27H,9,11-12H2,1H3,(H,26,28)(H,29,30)/t18-,19-/m1/s1. The Balaban J connectivity index is 1.67. The van der Waals surface area contributed by atoms with Gasteiger partial charge in [-0.25, -0.2) is 14.4 Å². The highest BCUT2D eigenvalue weighted by atomic mass is 35.5. The lowest BCUT2D eigenvalue weighted by Gasteiger charge is -2.20. The molecule has 0 aliphatic rings. The Morgan fingerprint density at radius 2 is 1.80 bits per heavy atom. The van der Waals surface area contributed by atoms with Crippen LogP contribution in [0.1, 0.15) is 23.5 Å². The van der Waals surface area contributed by atoms with Crippen LogP contribution in [-0.4, -0.2) is 40.2 Å². The van der Waals surface area contributed by atoms with Gasteiger partial charge < -0.3 is 29.1 Å². The van der Waals surface area contributed by atoms with Crippen LogP contribution in [-0.2, 0) is 32.1 Å². The molecule has 1 aromatic heterocycles. The number of carboxylic acid groups (broad SMARTS) is 1. The zero-order valence-electron chi connectivity index (χ0n) is 18.5. The summed E-state index contributed by atoms with van der Waals surface area (Å²) in [5.41, 5.74) is 2.52. The van der Waals surface area contributed by atoms with Gasteiger partial charge in [0, 0.05) is 17.5 Å². The van der Waals surface area contributed by atoms with Gasteiger partial charge in [0.1, 0.15) is 0 Å². The lowest BCUT2D eigenvalue weighted by Crippen LogP contribution is -2.44. The van der Waals surface area contributed by atoms with E-state index in [2.05, 4.69) is 9.73 Å². The molecule has 11 heteroatoms. The van der Waals surface area contributed by atoms with Crippen LogP contribution in [0.3, 0.4) is 0 Å². The highest BCUT2D eigenvalue weighted by molar-refractivity contribution is 6.32. The number of aliphatic carboxylic acids is 1. The van der Waals surface area contributed by atoms with E-state index in [1.54, 1.807) is 18.2 Å². The van der Waals surface area contributed by atoms with Crippen molar-refractivity contribution in [3.8, 4) is 11.1 Å². The normalized spacial score (nSPS) is 12.5. The number of amides is 1. The minimum atomic E-state index is -1.76. The van der Waals surface area contributed by atoms with E-state index in [0.717, 1.165) is 16.7 Å². The molecule has 35 heavy (non-hydrogen) atoms. The van der Waals surface area contributed by atoms with Gasteiger partial charge in [-0.3, -0.25) is 4.79 Å². The third-order valence-corrected chi connectivity index (χ3v) is 5.31. The maximum Gasteiger partial charge on any atom is 0.519 e. The van der Waals surface area contributed by atoms with E-state index in [1.165, 1.54) is 6.92 Å². The SMILES string of the molecule is Cc1oc(=O)oc1COC(=O)C(=O)N[C@H](Cc1ccc(-c2cccc(Cl)c2)cc1)C[C@@H](O)C(=O)O. The first-order valence-electron chi connectivity index (χ1n) is 10.4. The predicted octanol–water partition coefficient (Wildman–Crippen LogP) is 2.47. The lowest BCUT2D eigenvalue weighted by atomic mass is 9.98. The predicted molar refractivity (Wildman–Crippen MR) is 123 cm³/mol. The molecule has 0 aliphatic heterocycles. The van der Waals surface area contributed by atoms with Crippen LogP contribution >= 0.6 is 11.6 Å². The molecule has 2 atom stereocenters. The Morgan fingerprint density at radius 1 is 1.09 bits per heavy atom. The molecule has 0 fully saturated rings. The fourth-order valence-corrected chi connectivity index (χ4v) is 3.49. The summed E-state index contributed by atoms with van der Waals surface area (Å²) in [6.07, 6.45) is -1.97. The van der Waals surface area contributed by atoms with Crippen molar-refractivity contribution in [1.29, 1.82) is 0 Å². The van der Waals surface area contributed by atoms with Crippen LogP contribution < -0.4 is 11.1 Å². The van der Waals surface area contributed by atoms with Gasteiger partial charge in [-0.15, -0.1) is 0 Å². The number of carbonyl (C=O) groups is 3. The highest BCUT2D eigenvalue weighted by Crippen LogP contribution is 2.23. The Kier molecular flexibility index (Phi) is 8.45. The molecule has 3 aromatic rings. The number of carbonyl (C=O) groups excluding carboxylic acids is 2. The molecule has 2 aromatic carbocycles. The monoisotopic (exact) mass is 503 g/mol. The van der Waals surface area contributed by atoms with E-state index in [-0.39, 0.29) is 24.4 Å². The van der Waals surface area contributed by atoms with E-state index < -0.39 is 42.4 Å². The number of carboxylic acids is 1. The van der Waals surface area contributed by atoms with Crippen LogP contribution in [0.15, 0.2) is 62.2 Å². The van der Waals surface area contributed by atoms with Crippen molar-refractivity contribution >= 4 is 29.4 Å². The van der Waals surface area contributed by atoms with Crippen molar-refractivity contribution in [3.05, 3.63) is 81.3 Å². The molecule has 3 N–H and O–H groups in total. The summed E-state index contributed by atoms with van der Waals surface area (Å²) < 4.78 is 14.2. The first kappa shape index (κ1) is 25.7. The van der Waals surface area contributed by atoms with E-state index >= 15 is 0 Å². The van der Waals surface area contributed by atoms with Gasteiger partial charge in [0.05, 0.1) is 0 Å². The molecular formula is C24H22ClNO9. The summed E-state index contributed by atoms with van der Waals surface area (Å²) in [6.45, 7) is 0.923. The van der Waals surface area contributed by atoms with Crippen LogP contribution in [0.25, 0.3) is 11.1 Å². The number of aliphatic hydroxyl groups excluding tert-OH is 1. The number of benzene rings is 2. The van der Waals surface area contributed by atoms with Crippen LogP contribution in [0, 0.1) is 6.92 Å². The smallest absolute Gasteiger partial charge is 0.479 e. The quantitative estimate of drug-likeness (QED) is 0.295. The van der Waals surface area contributed by atoms with E-state index in [1.807, 2.05) is 30.3 Å². The van der Waals surface area contributed by atoms with Gasteiger partial charge in [0.2, 0.25) is 0 Å². The van der Waals surface area contributed by atoms with E-state index in [9.17, 15) is 24.3 Å². The first-order valence-corrected chi connectivity index (χ1v) is 10.8. The zero-order valence-corrected chi connectivity index (χ0v) is 19.3. The van der Waals surface area contributed by atoms with Gasteiger partial charge in [0.15, 0.2) is 24.2 Å². The molecule has 184 valence electrons. The number of esters is 1. The van der Waals surface area contributed by atoms with Gasteiger partial charge in [0.25, 0.3) is 0 Å². The van der Waals surface area contributed by atoms with Crippen molar-refractivity contribution in [3.63, 3.8) is 0 Å². The van der Waals surface area contributed by atoms with E-state index in [4.69, 9.17) is 25.9 Å². The molecule has 3 rings (SSSR count). The molecule has 0 radical (unpaired) electrons. The maximum atomic E-state index is 12.3. The van der Waals surface area contributed by atoms with Crippen molar-refractivity contribution in [2.75, 3.05) is 0 Å². The maximum absolute atomic E-state index is 12.3. The molecular weight excluding hydrogens is 482 g/mol. The number of nitrogens with one attached hydrogen (secondary N) is 1. The number of aliphatic hydroxyl groups is 1. The molecule has 1 heterocycles. The van der Waals surface area contributed by atoms with E-state index in [0.29, 0.717) is 5.02 Å². The molecule has 0 saturated carbocycles. The molecule has 0 bridgehead atoms. The summed E-state index contributed by atoms with van der Waals surface area (Å²) >= 11 is 6.04. The molecule has 10 nitrogen and oxygen atoms in total. The highest BCUT2D eigenvalue weighted by Gasteiger charge is 2.26. The summed E-state index contributed by atoms with van der Waals surface area (Å²) in [5.74, 6) is -4.80. The molecule has 0 saturated heterocycles. The summed E-state index contributed by atoms with van der Waals surface area (Å²) in [6, 6.07) is 13.6. The summed E-state index contributed by atoms with van der Waals surface area (Å²) in [5, 5.41) is 21.8. The second kappa shape index (κ2) is 11.5. The molecule has 0 aliphatic carbocycles. The number of hydrogen-bond donors (Lipinski definition) is 3. The minimum Gasteiger partial charge on any atom is -0.479 e. The largest absolute Gasteiger partial charge is 0.519 e. The second-order valence-corrected chi connectivity index (χ2v) is 8.12. The Labute approximate surface area is 204 Å². The summed E-state index contributed by atoms with van der Waals surface area (Å²) in [4.78, 5) is 46.6. The molecule has 0 unspecified atom stereocenters. The van der Waals surface area contributed by atoms with Gasteiger partial charge in [-0.1, -0.05) is 48.0 Å². The number of ether oxygens (including phenoxy) is 1. The fraction of sp³-hybridized carbons (Fsp3) is 0.250. The lowest BCUT2D eigenvalue weighted by molar-refractivity contribution is -0.156. The van der Waals surface area contributed by atoms with Gasteiger partial charge in [-0.2, -0.15) is 0 Å². The minimum absolute atomic E-state index is 0.0474. The average Bonchev–Trinajstić information content (AvgIpc) is 3.14. The first-order chi connectivity index (χ1) is 16.6. The van der Waals surface area contributed by atoms with Crippen molar-refractivity contribution in [2.24, 2.45) is 0 Å². The van der Waals surface area contributed by atoms with Crippen molar-refractivity contribution in [1.82, 2.24) is 5.32 Å². The molecule has 0 spiro atoms. The number of rotatable bonds is 9. The van der Waals surface area contributed by atoms with Gasteiger partial charge in [-0.05, 0) is 42.2 Å². The fourth-order valence-electron chi connectivity index (χ4n) is 3.30. The van der Waals surface area contributed by atoms with Crippen molar-refractivity contribution in [2.45, 2.75) is 38.5 Å². The number of aryl methyl sites for hydroxylation is 1. The number of halogens is 1. The second-order valence-electron chi connectivity index (χ2n) is 7.68.